The molecule has 146 valence electrons. The molecule has 1 amide bonds. The molecule has 0 spiro atoms. The molecule has 0 unspecified atom stereocenters. The summed E-state index contributed by atoms with van der Waals surface area (Å²) < 4.78 is 5.42. The fourth-order valence-electron chi connectivity index (χ4n) is 2.90. The van der Waals surface area contributed by atoms with Gasteiger partial charge in [-0.15, -0.1) is 0 Å². The molecule has 7 heteroatoms. The van der Waals surface area contributed by atoms with Gasteiger partial charge in [-0.1, -0.05) is 0 Å². The standard InChI is InChI=1S/C19H33N5O2/c1-19(2,3)26-18(25)24-16-14-23(15-17-24)11-5-4-10-22(12-6-8-20)13-7-9-21/h4-7,10-17H2,1-3H3. The molecule has 0 aliphatic carbocycles. The van der Waals surface area contributed by atoms with E-state index < -0.39 is 5.60 Å². The Kier molecular flexibility index (Phi) is 10.0. The number of carbonyl (C=O) groups excluding carboxylic acids is 1. The summed E-state index contributed by atoms with van der Waals surface area (Å²) in [5.41, 5.74) is -0.447. The molecule has 0 aromatic carbocycles. The van der Waals surface area contributed by atoms with Crippen molar-refractivity contribution in [1.29, 1.82) is 10.5 Å². The number of piperazine rings is 1. The second-order valence-electron chi connectivity index (χ2n) is 7.67. The quantitative estimate of drug-likeness (QED) is 0.585. The third-order valence-electron chi connectivity index (χ3n) is 4.30. The van der Waals surface area contributed by atoms with E-state index in [1.807, 2.05) is 20.8 Å². The van der Waals surface area contributed by atoms with E-state index in [0.717, 1.165) is 52.1 Å². The Morgan fingerprint density at radius 3 is 2.08 bits per heavy atom. The lowest BCUT2D eigenvalue weighted by molar-refractivity contribution is 0.0144. The molecular weight excluding hydrogens is 330 g/mol. The predicted molar refractivity (Wildman–Crippen MR) is 100 cm³/mol. The first-order chi connectivity index (χ1) is 12.4. The number of hydrogen-bond donors (Lipinski definition) is 0. The molecule has 0 N–H and O–H groups in total. The Bertz CT molecular complexity index is 478. The Balaban J connectivity index is 2.20. The second-order valence-corrected chi connectivity index (χ2v) is 7.67. The summed E-state index contributed by atoms with van der Waals surface area (Å²) >= 11 is 0. The first-order valence-corrected chi connectivity index (χ1v) is 9.52. The minimum absolute atomic E-state index is 0.220. The monoisotopic (exact) mass is 363 g/mol. The van der Waals surface area contributed by atoms with Crippen molar-refractivity contribution in [2.24, 2.45) is 0 Å². The molecule has 0 saturated carbocycles. The molecule has 1 saturated heterocycles. The second kappa shape index (κ2) is 11.7. The molecular formula is C19H33N5O2. The molecule has 0 aromatic heterocycles. The van der Waals surface area contributed by atoms with Crippen molar-refractivity contribution >= 4 is 6.09 Å². The molecule has 1 fully saturated rings. The van der Waals surface area contributed by atoms with Crippen LogP contribution in [-0.2, 0) is 4.74 Å². The highest BCUT2D eigenvalue weighted by Crippen LogP contribution is 2.12. The van der Waals surface area contributed by atoms with E-state index in [2.05, 4.69) is 21.9 Å². The summed E-state index contributed by atoms with van der Waals surface area (Å²) in [6.07, 6.45) is 2.95. The minimum Gasteiger partial charge on any atom is -0.444 e. The number of ether oxygens (including phenoxy) is 1. The van der Waals surface area contributed by atoms with E-state index in [0.29, 0.717) is 25.9 Å². The van der Waals surface area contributed by atoms with Gasteiger partial charge in [0, 0.05) is 52.1 Å². The van der Waals surface area contributed by atoms with Crippen LogP contribution in [0.4, 0.5) is 4.79 Å². The predicted octanol–water partition coefficient (Wildman–Crippen LogP) is 2.45. The van der Waals surface area contributed by atoms with Crippen molar-refractivity contribution in [2.45, 2.75) is 52.1 Å². The van der Waals surface area contributed by atoms with Gasteiger partial charge in [0.25, 0.3) is 0 Å². The molecule has 0 aromatic rings. The number of nitriles is 2. The Morgan fingerprint density at radius 2 is 1.58 bits per heavy atom. The number of hydrogen-bond acceptors (Lipinski definition) is 6. The Labute approximate surface area is 158 Å². The SMILES string of the molecule is CC(C)(C)OC(=O)N1CCN(CCCCN(CCC#N)CCC#N)CC1. The van der Waals surface area contributed by atoms with Crippen LogP contribution in [0.5, 0.6) is 0 Å². The molecule has 1 aliphatic rings. The molecule has 1 heterocycles. The summed E-state index contributed by atoms with van der Waals surface area (Å²) in [6.45, 7) is 12.3. The molecule has 0 bridgehead atoms. The van der Waals surface area contributed by atoms with Crippen molar-refractivity contribution in [2.75, 3.05) is 52.4 Å². The third kappa shape index (κ3) is 9.60. The first kappa shape index (κ1) is 22.2. The van der Waals surface area contributed by atoms with Crippen molar-refractivity contribution in [3.05, 3.63) is 0 Å². The van der Waals surface area contributed by atoms with Crippen LogP contribution in [0.1, 0.15) is 46.5 Å². The third-order valence-corrected chi connectivity index (χ3v) is 4.30. The topological polar surface area (TPSA) is 83.6 Å². The normalized spacial score (nSPS) is 15.5. The van der Waals surface area contributed by atoms with Gasteiger partial charge in [-0.05, 0) is 46.7 Å². The summed E-state index contributed by atoms with van der Waals surface area (Å²) in [5.74, 6) is 0. The lowest BCUT2D eigenvalue weighted by Gasteiger charge is -2.35. The fourth-order valence-corrected chi connectivity index (χ4v) is 2.90. The highest BCUT2D eigenvalue weighted by atomic mass is 16.6. The molecule has 1 aliphatic heterocycles. The zero-order valence-corrected chi connectivity index (χ0v) is 16.5. The molecule has 0 atom stereocenters. The van der Waals surface area contributed by atoms with Crippen LogP contribution in [-0.4, -0.2) is 78.8 Å². The first-order valence-electron chi connectivity index (χ1n) is 9.52. The van der Waals surface area contributed by atoms with Gasteiger partial charge in [-0.25, -0.2) is 4.79 Å². The Hall–Kier alpha value is -1.83. The van der Waals surface area contributed by atoms with Gasteiger partial charge in [-0.2, -0.15) is 10.5 Å². The van der Waals surface area contributed by atoms with Crippen molar-refractivity contribution in [3.63, 3.8) is 0 Å². The van der Waals surface area contributed by atoms with Gasteiger partial charge in [0.1, 0.15) is 5.60 Å². The number of amides is 1. The number of nitrogens with zero attached hydrogens (tertiary/aromatic N) is 5. The van der Waals surface area contributed by atoms with Gasteiger partial charge in [-0.3, -0.25) is 4.90 Å². The number of rotatable bonds is 9. The number of carbonyl (C=O) groups is 1. The maximum absolute atomic E-state index is 12.1. The lowest BCUT2D eigenvalue weighted by Crippen LogP contribution is -2.50. The summed E-state index contributed by atoms with van der Waals surface area (Å²) in [6, 6.07) is 4.34. The van der Waals surface area contributed by atoms with Crippen LogP contribution in [0.3, 0.4) is 0 Å². The van der Waals surface area contributed by atoms with E-state index >= 15 is 0 Å². The van der Waals surface area contributed by atoms with E-state index in [4.69, 9.17) is 15.3 Å². The molecule has 7 nitrogen and oxygen atoms in total. The summed E-state index contributed by atoms with van der Waals surface area (Å²) in [5, 5.41) is 17.4. The zero-order valence-electron chi connectivity index (χ0n) is 16.5. The van der Waals surface area contributed by atoms with E-state index in [-0.39, 0.29) is 6.09 Å². The van der Waals surface area contributed by atoms with Crippen LogP contribution in [0.25, 0.3) is 0 Å². The average Bonchev–Trinajstić information content (AvgIpc) is 2.59. The Morgan fingerprint density at radius 1 is 1.00 bits per heavy atom. The van der Waals surface area contributed by atoms with Gasteiger partial charge in [0.05, 0.1) is 12.1 Å². The van der Waals surface area contributed by atoms with E-state index in [1.165, 1.54) is 0 Å². The smallest absolute Gasteiger partial charge is 0.410 e. The van der Waals surface area contributed by atoms with Gasteiger partial charge in [0.15, 0.2) is 0 Å². The van der Waals surface area contributed by atoms with Gasteiger partial charge in [0.2, 0.25) is 0 Å². The summed E-state index contributed by atoms with van der Waals surface area (Å²) in [4.78, 5) is 18.4. The zero-order chi connectivity index (χ0) is 19.4. The van der Waals surface area contributed by atoms with E-state index in [1.54, 1.807) is 4.90 Å². The van der Waals surface area contributed by atoms with Crippen molar-refractivity contribution < 1.29 is 9.53 Å². The minimum atomic E-state index is -0.447. The fraction of sp³-hybridized carbons (Fsp3) is 0.842. The van der Waals surface area contributed by atoms with Crippen LogP contribution >= 0.6 is 0 Å². The van der Waals surface area contributed by atoms with Crippen LogP contribution in [0.15, 0.2) is 0 Å². The highest BCUT2D eigenvalue weighted by molar-refractivity contribution is 5.68. The van der Waals surface area contributed by atoms with Crippen molar-refractivity contribution in [1.82, 2.24) is 14.7 Å². The van der Waals surface area contributed by atoms with Crippen LogP contribution < -0.4 is 0 Å². The van der Waals surface area contributed by atoms with Gasteiger partial charge >= 0.3 is 6.09 Å². The van der Waals surface area contributed by atoms with Gasteiger partial charge < -0.3 is 14.5 Å². The molecule has 0 radical (unpaired) electrons. The van der Waals surface area contributed by atoms with Crippen LogP contribution in [0.2, 0.25) is 0 Å². The maximum Gasteiger partial charge on any atom is 0.410 e. The highest BCUT2D eigenvalue weighted by Gasteiger charge is 2.25. The lowest BCUT2D eigenvalue weighted by atomic mass is 10.2. The molecule has 1 rings (SSSR count). The molecule has 26 heavy (non-hydrogen) atoms. The van der Waals surface area contributed by atoms with Crippen LogP contribution in [0, 0.1) is 22.7 Å². The largest absolute Gasteiger partial charge is 0.444 e. The number of unbranched alkanes of at least 4 members (excludes halogenated alkanes) is 1. The maximum atomic E-state index is 12.1. The average molecular weight is 364 g/mol. The van der Waals surface area contributed by atoms with Crippen molar-refractivity contribution in [3.8, 4) is 12.1 Å². The summed E-state index contributed by atoms with van der Waals surface area (Å²) in [7, 11) is 0. The van der Waals surface area contributed by atoms with E-state index in [9.17, 15) is 4.79 Å².